The first kappa shape index (κ1) is 11.5. The number of ether oxygens (including phenoxy) is 1. The van der Waals surface area contributed by atoms with Crippen LogP contribution in [0.3, 0.4) is 0 Å². The Morgan fingerprint density at radius 2 is 2.19 bits per heavy atom. The number of anilines is 1. The van der Waals surface area contributed by atoms with Gasteiger partial charge in [-0.1, -0.05) is 6.92 Å². The molecule has 0 aromatic heterocycles. The Kier molecular flexibility index (Phi) is 2.98. The van der Waals surface area contributed by atoms with E-state index in [1.165, 1.54) is 0 Å². The second-order valence-corrected chi connectivity index (χ2v) is 7.81. The molecular formula is C12H18NO2P. The van der Waals surface area contributed by atoms with E-state index in [0.717, 1.165) is 18.1 Å². The quantitative estimate of drug-likeness (QED) is 0.648. The van der Waals surface area contributed by atoms with Crippen molar-refractivity contribution in [2.75, 3.05) is 18.6 Å². The van der Waals surface area contributed by atoms with Gasteiger partial charge in [-0.25, -0.2) is 0 Å². The predicted molar refractivity (Wildman–Crippen MR) is 68.2 cm³/mol. The maximum atomic E-state index is 12.3. The number of hydrogen-bond donors (Lipinski definition) is 1. The summed E-state index contributed by atoms with van der Waals surface area (Å²) in [5.41, 5.74) is 6.47. The fourth-order valence-electron chi connectivity index (χ4n) is 1.47. The SMILES string of the molecule is CCP(C)(=O)c1ccc(N)c(OC2CC2)c1. The molecule has 0 amide bonds. The summed E-state index contributed by atoms with van der Waals surface area (Å²) in [4.78, 5) is 0. The second kappa shape index (κ2) is 4.14. The van der Waals surface area contributed by atoms with Crippen LogP contribution in [0, 0.1) is 0 Å². The summed E-state index contributed by atoms with van der Waals surface area (Å²) in [5, 5.41) is 0.861. The minimum Gasteiger partial charge on any atom is -0.488 e. The Bertz CT molecular complexity index is 441. The van der Waals surface area contributed by atoms with Crippen LogP contribution >= 0.6 is 7.14 Å². The molecule has 1 fully saturated rings. The molecule has 1 atom stereocenters. The number of benzene rings is 1. The molecule has 1 unspecified atom stereocenters. The molecule has 0 aliphatic heterocycles. The van der Waals surface area contributed by atoms with Crippen molar-refractivity contribution >= 4 is 18.1 Å². The van der Waals surface area contributed by atoms with Crippen LogP contribution < -0.4 is 15.8 Å². The van der Waals surface area contributed by atoms with Crippen LogP contribution in [0.15, 0.2) is 18.2 Å². The third kappa shape index (κ3) is 2.41. The van der Waals surface area contributed by atoms with Gasteiger partial charge in [-0.2, -0.15) is 0 Å². The molecule has 0 spiro atoms. The average molecular weight is 239 g/mol. The van der Waals surface area contributed by atoms with E-state index in [1.807, 2.05) is 19.1 Å². The first-order valence-electron chi connectivity index (χ1n) is 5.66. The Hall–Kier alpha value is -0.950. The highest BCUT2D eigenvalue weighted by Crippen LogP contribution is 2.41. The maximum Gasteiger partial charge on any atom is 0.143 e. The first-order valence-corrected chi connectivity index (χ1v) is 8.00. The van der Waals surface area contributed by atoms with E-state index in [2.05, 4.69) is 0 Å². The van der Waals surface area contributed by atoms with E-state index in [9.17, 15) is 4.57 Å². The van der Waals surface area contributed by atoms with Crippen molar-refractivity contribution in [1.29, 1.82) is 0 Å². The van der Waals surface area contributed by atoms with Gasteiger partial charge in [0, 0.05) is 11.5 Å². The van der Waals surface area contributed by atoms with Crippen LogP contribution in [0.2, 0.25) is 0 Å². The van der Waals surface area contributed by atoms with Crippen molar-refractivity contribution < 1.29 is 9.30 Å². The summed E-state index contributed by atoms with van der Waals surface area (Å²) < 4.78 is 17.9. The molecule has 1 aliphatic rings. The lowest BCUT2D eigenvalue weighted by atomic mass is 10.3. The van der Waals surface area contributed by atoms with E-state index in [0.29, 0.717) is 23.7 Å². The highest BCUT2D eigenvalue weighted by molar-refractivity contribution is 7.70. The molecule has 2 N–H and O–H groups in total. The lowest BCUT2D eigenvalue weighted by Crippen LogP contribution is -2.09. The van der Waals surface area contributed by atoms with Gasteiger partial charge in [-0.15, -0.1) is 0 Å². The fourth-order valence-corrected chi connectivity index (χ4v) is 2.61. The normalized spacial score (nSPS) is 19.1. The van der Waals surface area contributed by atoms with Gasteiger partial charge in [-0.3, -0.25) is 0 Å². The van der Waals surface area contributed by atoms with Gasteiger partial charge in [0.1, 0.15) is 12.9 Å². The second-order valence-electron chi connectivity index (χ2n) is 4.46. The highest BCUT2D eigenvalue weighted by atomic mass is 31.2. The monoisotopic (exact) mass is 239 g/mol. The molecule has 16 heavy (non-hydrogen) atoms. The summed E-state index contributed by atoms with van der Waals surface area (Å²) in [6.07, 6.45) is 3.18. The van der Waals surface area contributed by atoms with Crippen LogP contribution in [-0.4, -0.2) is 18.9 Å². The zero-order valence-electron chi connectivity index (χ0n) is 9.77. The minimum absolute atomic E-state index is 0.315. The van der Waals surface area contributed by atoms with E-state index in [-0.39, 0.29) is 0 Å². The lowest BCUT2D eigenvalue weighted by Gasteiger charge is -2.14. The molecule has 0 radical (unpaired) electrons. The van der Waals surface area contributed by atoms with E-state index in [1.54, 1.807) is 12.7 Å². The minimum atomic E-state index is -2.23. The van der Waals surface area contributed by atoms with Gasteiger partial charge in [0.25, 0.3) is 0 Å². The van der Waals surface area contributed by atoms with Crippen molar-refractivity contribution in [3.8, 4) is 5.75 Å². The fraction of sp³-hybridized carbons (Fsp3) is 0.500. The Labute approximate surface area is 96.4 Å². The van der Waals surface area contributed by atoms with Crippen molar-refractivity contribution in [3.05, 3.63) is 18.2 Å². The highest BCUT2D eigenvalue weighted by Gasteiger charge is 2.25. The van der Waals surface area contributed by atoms with Gasteiger partial charge in [0.05, 0.1) is 11.8 Å². The Morgan fingerprint density at radius 3 is 2.75 bits per heavy atom. The molecule has 88 valence electrons. The molecule has 1 aromatic rings. The summed E-state index contributed by atoms with van der Waals surface area (Å²) in [7, 11) is -2.23. The molecule has 1 saturated carbocycles. The lowest BCUT2D eigenvalue weighted by molar-refractivity contribution is 0.305. The molecule has 2 rings (SSSR count). The van der Waals surface area contributed by atoms with Crippen LogP contribution in [0.25, 0.3) is 0 Å². The van der Waals surface area contributed by atoms with Gasteiger partial charge in [-0.05, 0) is 37.7 Å². The summed E-state index contributed by atoms with van der Waals surface area (Å²) in [6, 6.07) is 5.48. The molecule has 0 bridgehead atoms. The van der Waals surface area contributed by atoms with Crippen molar-refractivity contribution in [3.63, 3.8) is 0 Å². The van der Waals surface area contributed by atoms with Crippen LogP contribution in [0.5, 0.6) is 5.75 Å². The zero-order chi connectivity index (χ0) is 11.8. The zero-order valence-corrected chi connectivity index (χ0v) is 10.7. The number of rotatable bonds is 4. The Morgan fingerprint density at radius 1 is 1.50 bits per heavy atom. The molecule has 1 aromatic carbocycles. The standard InChI is InChI=1S/C12H18NO2P/c1-3-16(2,14)10-6-7-11(13)12(8-10)15-9-4-5-9/h6-9H,3-5,13H2,1-2H3. The third-order valence-electron chi connectivity index (χ3n) is 2.96. The van der Waals surface area contributed by atoms with Crippen molar-refractivity contribution in [1.82, 2.24) is 0 Å². The molecule has 0 heterocycles. The topological polar surface area (TPSA) is 52.3 Å². The van der Waals surface area contributed by atoms with Gasteiger partial charge in [0.2, 0.25) is 0 Å². The van der Waals surface area contributed by atoms with Crippen molar-refractivity contribution in [2.45, 2.75) is 25.9 Å². The summed E-state index contributed by atoms with van der Waals surface area (Å²) in [5.74, 6) is 0.690. The van der Waals surface area contributed by atoms with Crippen LogP contribution in [0.1, 0.15) is 19.8 Å². The molecule has 4 heteroatoms. The molecule has 0 saturated heterocycles. The third-order valence-corrected chi connectivity index (χ3v) is 5.54. The van der Waals surface area contributed by atoms with E-state index >= 15 is 0 Å². The number of nitrogens with two attached hydrogens (primary N) is 1. The van der Waals surface area contributed by atoms with Crippen LogP contribution in [0.4, 0.5) is 5.69 Å². The molecule has 3 nitrogen and oxygen atoms in total. The van der Waals surface area contributed by atoms with E-state index < -0.39 is 7.14 Å². The average Bonchev–Trinajstić information content (AvgIpc) is 3.05. The number of hydrogen-bond acceptors (Lipinski definition) is 3. The summed E-state index contributed by atoms with van der Waals surface area (Å²) >= 11 is 0. The first-order chi connectivity index (χ1) is 7.53. The summed E-state index contributed by atoms with van der Waals surface area (Å²) in [6.45, 7) is 3.75. The predicted octanol–water partition coefficient (Wildman–Crippen LogP) is 2.45. The van der Waals surface area contributed by atoms with Gasteiger partial charge >= 0.3 is 0 Å². The van der Waals surface area contributed by atoms with Crippen molar-refractivity contribution in [2.24, 2.45) is 0 Å². The molecule has 1 aliphatic carbocycles. The maximum absolute atomic E-state index is 12.3. The Balaban J connectivity index is 2.30. The largest absolute Gasteiger partial charge is 0.488 e. The van der Waals surface area contributed by atoms with E-state index in [4.69, 9.17) is 10.5 Å². The molecular weight excluding hydrogens is 221 g/mol. The smallest absolute Gasteiger partial charge is 0.143 e. The van der Waals surface area contributed by atoms with Crippen LogP contribution in [-0.2, 0) is 4.57 Å². The van der Waals surface area contributed by atoms with Gasteiger partial charge in [0.15, 0.2) is 0 Å². The number of nitrogen functional groups attached to an aromatic ring is 1. The van der Waals surface area contributed by atoms with Gasteiger partial charge < -0.3 is 15.0 Å².